The number of likely N-dealkylation sites (tertiary alicyclic amines) is 1. The van der Waals surface area contributed by atoms with Crippen LogP contribution in [-0.2, 0) is 0 Å². The zero-order chi connectivity index (χ0) is 14.7. The second kappa shape index (κ2) is 6.31. The van der Waals surface area contributed by atoms with Crippen molar-refractivity contribution in [3.8, 4) is 5.88 Å². The van der Waals surface area contributed by atoms with Crippen LogP contribution in [0.3, 0.4) is 0 Å². The van der Waals surface area contributed by atoms with Gasteiger partial charge in [0.1, 0.15) is 5.82 Å². The molecule has 1 aliphatic rings. The van der Waals surface area contributed by atoms with Gasteiger partial charge in [-0.3, -0.25) is 0 Å². The molecule has 1 saturated heterocycles. The Morgan fingerprint density at radius 2 is 2.20 bits per heavy atom. The Hall–Kier alpha value is -1.49. The first-order valence-electron chi connectivity index (χ1n) is 7.32. The molecule has 1 aromatic rings. The molecule has 0 spiro atoms. The van der Waals surface area contributed by atoms with E-state index >= 15 is 0 Å². The van der Waals surface area contributed by atoms with Crippen molar-refractivity contribution in [2.24, 2.45) is 0 Å². The molecular formula is C15H26N4O. The monoisotopic (exact) mass is 278 g/mol. The van der Waals surface area contributed by atoms with E-state index in [0.717, 1.165) is 12.4 Å². The Balaban J connectivity index is 2.14. The first-order valence-corrected chi connectivity index (χ1v) is 7.32. The zero-order valence-corrected chi connectivity index (χ0v) is 13.0. The fourth-order valence-electron chi connectivity index (χ4n) is 2.60. The van der Waals surface area contributed by atoms with Crippen molar-refractivity contribution in [2.75, 3.05) is 37.8 Å². The van der Waals surface area contributed by atoms with Crippen LogP contribution in [0.25, 0.3) is 0 Å². The molecule has 0 radical (unpaired) electrons. The second-order valence-corrected chi connectivity index (χ2v) is 5.90. The summed E-state index contributed by atoms with van der Waals surface area (Å²) in [6.45, 7) is 6.21. The molecule has 5 nitrogen and oxygen atoms in total. The van der Waals surface area contributed by atoms with Gasteiger partial charge in [-0.15, -0.1) is 0 Å². The highest BCUT2D eigenvalue weighted by Gasteiger charge is 2.22. The minimum absolute atomic E-state index is 0.0752. The number of anilines is 2. The third-order valence-corrected chi connectivity index (χ3v) is 3.73. The van der Waals surface area contributed by atoms with Crippen molar-refractivity contribution in [3.63, 3.8) is 0 Å². The van der Waals surface area contributed by atoms with E-state index in [4.69, 9.17) is 10.5 Å². The quantitative estimate of drug-likeness (QED) is 0.912. The predicted molar refractivity (Wildman–Crippen MR) is 83.3 cm³/mol. The van der Waals surface area contributed by atoms with Gasteiger partial charge >= 0.3 is 0 Å². The maximum atomic E-state index is 5.92. The highest BCUT2D eigenvalue weighted by Crippen LogP contribution is 2.26. The van der Waals surface area contributed by atoms with Crippen molar-refractivity contribution < 1.29 is 4.74 Å². The molecule has 20 heavy (non-hydrogen) atoms. The maximum absolute atomic E-state index is 5.92. The molecule has 1 fully saturated rings. The van der Waals surface area contributed by atoms with Gasteiger partial charge in [-0.2, -0.15) is 4.98 Å². The lowest BCUT2D eigenvalue weighted by atomic mass is 10.1. The van der Waals surface area contributed by atoms with Crippen molar-refractivity contribution in [1.29, 1.82) is 0 Å². The molecule has 0 aliphatic carbocycles. The molecule has 2 N–H and O–H groups in total. The molecular weight excluding hydrogens is 252 g/mol. The minimum Gasteiger partial charge on any atom is -0.473 e. The van der Waals surface area contributed by atoms with E-state index < -0.39 is 0 Å². The van der Waals surface area contributed by atoms with E-state index in [1.807, 2.05) is 26.0 Å². The van der Waals surface area contributed by atoms with Gasteiger partial charge in [0.05, 0.1) is 11.8 Å². The largest absolute Gasteiger partial charge is 0.473 e. The van der Waals surface area contributed by atoms with Crippen LogP contribution in [0.5, 0.6) is 5.88 Å². The molecule has 2 heterocycles. The van der Waals surface area contributed by atoms with Crippen LogP contribution in [0.2, 0.25) is 0 Å². The number of hydrogen-bond acceptors (Lipinski definition) is 5. The van der Waals surface area contributed by atoms with Gasteiger partial charge < -0.3 is 20.3 Å². The Bertz CT molecular complexity index is 449. The summed E-state index contributed by atoms with van der Waals surface area (Å²) in [5.74, 6) is 1.46. The number of nitrogens with two attached hydrogens (primary N) is 1. The molecule has 0 bridgehead atoms. The first-order chi connectivity index (χ1) is 9.47. The Morgan fingerprint density at radius 3 is 2.85 bits per heavy atom. The SMILES string of the molecule is CC(C)Oc1nc(N(C)C2CCCN(C)C2)ccc1N. The Kier molecular flexibility index (Phi) is 4.70. The van der Waals surface area contributed by atoms with Gasteiger partial charge in [0.2, 0.25) is 5.88 Å². The lowest BCUT2D eigenvalue weighted by Crippen LogP contribution is -2.45. The summed E-state index contributed by atoms with van der Waals surface area (Å²) >= 11 is 0. The van der Waals surface area contributed by atoms with Crippen molar-refractivity contribution in [3.05, 3.63) is 12.1 Å². The fourth-order valence-corrected chi connectivity index (χ4v) is 2.60. The molecule has 1 aliphatic heterocycles. The number of aromatic nitrogens is 1. The number of piperidine rings is 1. The number of pyridine rings is 1. The highest BCUT2D eigenvalue weighted by molar-refractivity contribution is 5.54. The average molecular weight is 278 g/mol. The third kappa shape index (κ3) is 3.54. The standard InChI is InChI=1S/C15H26N4O/c1-11(2)20-15-13(16)7-8-14(17-15)19(4)12-6-5-9-18(3)10-12/h7-8,11-12H,5-6,9-10,16H2,1-4H3. The molecule has 1 unspecified atom stereocenters. The Labute approximate surface area is 121 Å². The minimum atomic E-state index is 0.0752. The van der Waals surface area contributed by atoms with Crippen LogP contribution in [-0.4, -0.2) is 49.2 Å². The van der Waals surface area contributed by atoms with Gasteiger partial charge in [-0.25, -0.2) is 0 Å². The van der Waals surface area contributed by atoms with Crippen LogP contribution in [0.1, 0.15) is 26.7 Å². The van der Waals surface area contributed by atoms with Crippen LogP contribution in [0.4, 0.5) is 11.5 Å². The van der Waals surface area contributed by atoms with Crippen LogP contribution < -0.4 is 15.4 Å². The van der Waals surface area contributed by atoms with Crippen LogP contribution in [0, 0.1) is 0 Å². The summed E-state index contributed by atoms with van der Waals surface area (Å²) < 4.78 is 5.67. The summed E-state index contributed by atoms with van der Waals surface area (Å²) in [7, 11) is 4.27. The first kappa shape index (κ1) is 14.9. The number of rotatable bonds is 4. The van der Waals surface area contributed by atoms with Crippen LogP contribution >= 0.6 is 0 Å². The smallest absolute Gasteiger partial charge is 0.239 e. The molecule has 112 valence electrons. The van der Waals surface area contributed by atoms with E-state index in [1.165, 1.54) is 19.4 Å². The van der Waals surface area contributed by atoms with E-state index in [1.54, 1.807) is 0 Å². The molecule has 0 saturated carbocycles. The van der Waals surface area contributed by atoms with E-state index in [9.17, 15) is 0 Å². The molecule has 0 aromatic carbocycles. The maximum Gasteiger partial charge on any atom is 0.239 e. The highest BCUT2D eigenvalue weighted by atomic mass is 16.5. The van der Waals surface area contributed by atoms with E-state index in [-0.39, 0.29) is 6.10 Å². The number of hydrogen-bond donors (Lipinski definition) is 1. The summed E-state index contributed by atoms with van der Waals surface area (Å²) in [5, 5.41) is 0. The van der Waals surface area contributed by atoms with E-state index in [2.05, 4.69) is 28.9 Å². The van der Waals surface area contributed by atoms with Gasteiger partial charge in [0.15, 0.2) is 0 Å². The normalized spacial score (nSPS) is 20.1. The van der Waals surface area contributed by atoms with Gasteiger partial charge in [0, 0.05) is 19.6 Å². The summed E-state index contributed by atoms with van der Waals surface area (Å²) in [4.78, 5) is 9.18. The Morgan fingerprint density at radius 1 is 1.45 bits per heavy atom. The van der Waals surface area contributed by atoms with Gasteiger partial charge in [-0.05, 0) is 52.4 Å². The molecule has 1 aromatic heterocycles. The molecule has 1 atom stereocenters. The number of nitrogen functional groups attached to an aromatic ring is 1. The molecule has 2 rings (SSSR count). The number of ether oxygens (including phenoxy) is 1. The van der Waals surface area contributed by atoms with Gasteiger partial charge in [0.25, 0.3) is 0 Å². The topological polar surface area (TPSA) is 54.6 Å². The van der Waals surface area contributed by atoms with Crippen molar-refractivity contribution >= 4 is 11.5 Å². The lowest BCUT2D eigenvalue weighted by Gasteiger charge is -2.36. The van der Waals surface area contributed by atoms with E-state index in [0.29, 0.717) is 17.6 Å². The third-order valence-electron chi connectivity index (χ3n) is 3.73. The summed E-state index contributed by atoms with van der Waals surface area (Å²) in [6, 6.07) is 4.34. The lowest BCUT2D eigenvalue weighted by molar-refractivity contribution is 0.233. The van der Waals surface area contributed by atoms with Crippen LogP contribution in [0.15, 0.2) is 12.1 Å². The number of nitrogens with zero attached hydrogens (tertiary/aromatic N) is 3. The molecule has 5 heteroatoms. The average Bonchev–Trinajstić information content (AvgIpc) is 2.40. The predicted octanol–water partition coefficient (Wildman–Crippen LogP) is 1.98. The second-order valence-electron chi connectivity index (χ2n) is 5.90. The van der Waals surface area contributed by atoms with Crippen molar-refractivity contribution in [1.82, 2.24) is 9.88 Å². The van der Waals surface area contributed by atoms with Crippen molar-refractivity contribution in [2.45, 2.75) is 38.8 Å². The molecule has 0 amide bonds. The fraction of sp³-hybridized carbons (Fsp3) is 0.667. The summed E-state index contributed by atoms with van der Waals surface area (Å²) in [5.41, 5.74) is 6.52. The zero-order valence-electron chi connectivity index (χ0n) is 13.0. The number of likely N-dealkylation sites (N-methyl/N-ethyl adjacent to an activating group) is 2. The summed E-state index contributed by atoms with van der Waals surface area (Å²) in [6.07, 6.45) is 2.51. The van der Waals surface area contributed by atoms with Gasteiger partial charge in [-0.1, -0.05) is 0 Å².